The van der Waals surface area contributed by atoms with Crippen molar-refractivity contribution in [2.24, 2.45) is 0 Å². The minimum Gasteiger partial charge on any atom is -0.502 e. The van der Waals surface area contributed by atoms with Crippen LogP contribution in [0.1, 0.15) is 34.1 Å². The van der Waals surface area contributed by atoms with E-state index in [9.17, 15) is 20.0 Å². The molecule has 0 amide bonds. The van der Waals surface area contributed by atoms with Crippen LogP contribution in [-0.4, -0.2) is 21.0 Å². The predicted octanol–water partition coefficient (Wildman–Crippen LogP) is 4.68. The van der Waals surface area contributed by atoms with Gasteiger partial charge in [-0.1, -0.05) is 28.9 Å². The average molecular weight is 402 g/mol. The van der Waals surface area contributed by atoms with Gasteiger partial charge in [0.05, 0.1) is 11.0 Å². The number of ketones is 1. The van der Waals surface area contributed by atoms with Crippen LogP contribution >= 0.6 is 11.6 Å². The molecule has 0 fully saturated rings. The van der Waals surface area contributed by atoms with Gasteiger partial charge in [0.1, 0.15) is 5.76 Å². The molecule has 0 saturated heterocycles. The average Bonchev–Trinajstić information content (AvgIpc) is 3.06. The number of nitro benzene ring substituents is 1. The molecule has 1 heterocycles. The van der Waals surface area contributed by atoms with E-state index in [1.807, 2.05) is 0 Å². The van der Waals surface area contributed by atoms with Crippen molar-refractivity contribution in [3.8, 4) is 5.75 Å². The van der Waals surface area contributed by atoms with Crippen molar-refractivity contribution in [1.82, 2.24) is 5.16 Å². The molecule has 0 spiro atoms. The van der Waals surface area contributed by atoms with Crippen molar-refractivity contribution in [3.05, 3.63) is 80.6 Å². The lowest BCUT2D eigenvalue weighted by atomic mass is 9.97. The standard InChI is InChI=1S/C19H16ClN3O5/c1-11-8-19(22-28-11)21-15(12-2-5-14(20)6-3-12)10-18(25)13-4-7-17(24)16(9-13)23(26)27/h2-9,15,24H,10H2,1H3,(H,21,22). The van der Waals surface area contributed by atoms with Gasteiger partial charge in [-0.3, -0.25) is 14.9 Å². The molecule has 2 aromatic carbocycles. The zero-order valence-electron chi connectivity index (χ0n) is 14.8. The molecule has 0 saturated carbocycles. The first-order chi connectivity index (χ1) is 13.3. The lowest BCUT2D eigenvalue weighted by Gasteiger charge is -2.18. The molecule has 3 rings (SSSR count). The third-order valence-corrected chi connectivity index (χ3v) is 4.36. The highest BCUT2D eigenvalue weighted by Crippen LogP contribution is 2.29. The monoisotopic (exact) mass is 401 g/mol. The molecule has 0 aliphatic carbocycles. The maximum atomic E-state index is 12.8. The number of halogens is 1. The highest BCUT2D eigenvalue weighted by molar-refractivity contribution is 6.30. The molecule has 0 aliphatic rings. The second-order valence-electron chi connectivity index (χ2n) is 6.16. The Bertz CT molecular complexity index is 1020. The van der Waals surface area contributed by atoms with Crippen LogP contribution in [0.3, 0.4) is 0 Å². The van der Waals surface area contributed by atoms with Crippen LogP contribution < -0.4 is 5.32 Å². The van der Waals surface area contributed by atoms with Crippen LogP contribution in [-0.2, 0) is 0 Å². The molecule has 3 aromatic rings. The molecule has 8 nitrogen and oxygen atoms in total. The number of hydrogen-bond donors (Lipinski definition) is 2. The van der Waals surface area contributed by atoms with Gasteiger partial charge in [0.25, 0.3) is 0 Å². The molecule has 1 unspecified atom stereocenters. The third kappa shape index (κ3) is 4.47. The van der Waals surface area contributed by atoms with Crippen LogP contribution in [0.25, 0.3) is 0 Å². The normalized spacial score (nSPS) is 11.8. The SMILES string of the molecule is Cc1cc(NC(CC(=O)c2ccc(O)c([N+](=O)[O-])c2)c2ccc(Cl)cc2)no1. The van der Waals surface area contributed by atoms with Crippen LogP contribution in [0.2, 0.25) is 5.02 Å². The summed E-state index contributed by atoms with van der Waals surface area (Å²) in [6.45, 7) is 1.75. The molecule has 28 heavy (non-hydrogen) atoms. The number of nitro groups is 1. The van der Waals surface area contributed by atoms with Crippen LogP contribution in [0.15, 0.2) is 53.1 Å². The molecule has 0 radical (unpaired) electrons. The van der Waals surface area contributed by atoms with Gasteiger partial charge < -0.3 is 14.9 Å². The summed E-state index contributed by atoms with van der Waals surface area (Å²) < 4.78 is 5.04. The van der Waals surface area contributed by atoms with Gasteiger partial charge in [0, 0.05) is 29.1 Å². The summed E-state index contributed by atoms with van der Waals surface area (Å²) >= 11 is 5.94. The Morgan fingerprint density at radius 1 is 1.29 bits per heavy atom. The summed E-state index contributed by atoms with van der Waals surface area (Å²) in [4.78, 5) is 23.0. The topological polar surface area (TPSA) is 118 Å². The quantitative estimate of drug-likeness (QED) is 0.335. The molecule has 0 aliphatic heterocycles. The van der Waals surface area contributed by atoms with Crippen molar-refractivity contribution >= 4 is 28.9 Å². The van der Waals surface area contributed by atoms with E-state index >= 15 is 0 Å². The van der Waals surface area contributed by atoms with E-state index in [1.54, 1.807) is 37.3 Å². The Kier molecular flexibility index (Phi) is 5.60. The zero-order valence-corrected chi connectivity index (χ0v) is 15.5. The van der Waals surface area contributed by atoms with Crippen molar-refractivity contribution in [2.75, 3.05) is 5.32 Å². The van der Waals surface area contributed by atoms with Gasteiger partial charge in [-0.2, -0.15) is 0 Å². The number of phenols is 1. The van der Waals surface area contributed by atoms with Crippen LogP contribution in [0.5, 0.6) is 5.75 Å². The minimum atomic E-state index is -0.737. The van der Waals surface area contributed by atoms with Crippen LogP contribution in [0.4, 0.5) is 11.5 Å². The number of benzene rings is 2. The van der Waals surface area contributed by atoms with E-state index in [1.165, 1.54) is 6.07 Å². The number of hydrogen-bond acceptors (Lipinski definition) is 7. The second kappa shape index (κ2) is 8.10. The first kappa shape index (κ1) is 19.4. The first-order valence-corrected chi connectivity index (χ1v) is 8.67. The summed E-state index contributed by atoms with van der Waals surface area (Å²) in [5, 5.41) is 28.2. The Morgan fingerprint density at radius 2 is 2.00 bits per heavy atom. The van der Waals surface area contributed by atoms with Gasteiger partial charge in [-0.15, -0.1) is 0 Å². The lowest BCUT2D eigenvalue weighted by Crippen LogP contribution is -2.16. The molecule has 2 N–H and O–H groups in total. The molecule has 0 bridgehead atoms. The minimum absolute atomic E-state index is 0.00449. The van der Waals surface area contributed by atoms with Gasteiger partial charge in [-0.25, -0.2) is 0 Å². The molecule has 144 valence electrons. The van der Waals surface area contributed by atoms with Gasteiger partial charge in [0.2, 0.25) is 0 Å². The number of nitrogens with one attached hydrogen (secondary N) is 1. The molecule has 1 aromatic heterocycles. The van der Waals surface area contributed by atoms with Gasteiger partial charge in [0.15, 0.2) is 17.4 Å². The number of aromatic hydroxyl groups is 1. The van der Waals surface area contributed by atoms with E-state index < -0.39 is 22.4 Å². The summed E-state index contributed by atoms with van der Waals surface area (Å²) in [7, 11) is 0. The summed E-state index contributed by atoms with van der Waals surface area (Å²) in [6, 6.07) is 11.7. The van der Waals surface area contributed by atoms with Crippen molar-refractivity contribution in [2.45, 2.75) is 19.4 Å². The van der Waals surface area contributed by atoms with Gasteiger partial charge in [-0.05, 0) is 36.8 Å². The summed E-state index contributed by atoms with van der Waals surface area (Å²) in [5.41, 5.74) is 0.391. The Balaban J connectivity index is 1.88. The predicted molar refractivity (Wildman–Crippen MR) is 103 cm³/mol. The van der Waals surface area contributed by atoms with Crippen LogP contribution in [0, 0.1) is 17.0 Å². The highest BCUT2D eigenvalue weighted by Gasteiger charge is 2.22. The number of anilines is 1. The third-order valence-electron chi connectivity index (χ3n) is 4.11. The maximum absolute atomic E-state index is 12.8. The largest absolute Gasteiger partial charge is 0.502 e. The second-order valence-corrected chi connectivity index (χ2v) is 6.60. The first-order valence-electron chi connectivity index (χ1n) is 8.29. The number of aromatic nitrogens is 1. The molecular weight excluding hydrogens is 386 g/mol. The number of aryl methyl sites for hydroxylation is 1. The van der Waals surface area contributed by atoms with E-state index in [-0.39, 0.29) is 17.8 Å². The zero-order chi connectivity index (χ0) is 20.3. The number of nitrogens with zero attached hydrogens (tertiary/aromatic N) is 2. The highest BCUT2D eigenvalue weighted by atomic mass is 35.5. The van der Waals surface area contributed by atoms with Gasteiger partial charge >= 0.3 is 5.69 Å². The summed E-state index contributed by atoms with van der Waals surface area (Å²) in [6.07, 6.45) is -0.00449. The van der Waals surface area contributed by atoms with E-state index in [2.05, 4.69) is 10.5 Å². The number of phenolic OH excluding ortho intramolecular Hbond substituents is 1. The molecule has 1 atom stereocenters. The van der Waals surface area contributed by atoms with Crippen molar-refractivity contribution in [3.63, 3.8) is 0 Å². The Morgan fingerprint density at radius 3 is 2.61 bits per heavy atom. The molecular formula is C19H16ClN3O5. The molecule has 9 heteroatoms. The smallest absolute Gasteiger partial charge is 0.311 e. The van der Waals surface area contributed by atoms with Crippen molar-refractivity contribution in [1.29, 1.82) is 0 Å². The fourth-order valence-electron chi connectivity index (χ4n) is 2.71. The summed E-state index contributed by atoms with van der Waals surface area (Å²) in [5.74, 6) is 0.238. The van der Waals surface area contributed by atoms with E-state index in [4.69, 9.17) is 16.1 Å². The number of carbonyl (C=O) groups excluding carboxylic acids is 1. The van der Waals surface area contributed by atoms with E-state index in [0.29, 0.717) is 16.6 Å². The fourth-order valence-corrected chi connectivity index (χ4v) is 2.83. The maximum Gasteiger partial charge on any atom is 0.311 e. The van der Waals surface area contributed by atoms with Crippen molar-refractivity contribution < 1.29 is 19.3 Å². The number of carbonyl (C=O) groups is 1. The lowest BCUT2D eigenvalue weighted by molar-refractivity contribution is -0.385. The van der Waals surface area contributed by atoms with E-state index in [0.717, 1.165) is 17.7 Å². The number of Topliss-reactive ketones (excluding diaryl/α,β-unsaturated/α-hetero) is 1. The number of rotatable bonds is 7. The fraction of sp³-hybridized carbons (Fsp3) is 0.158. The Labute approximate surface area is 164 Å². The Hall–Kier alpha value is -3.39.